The van der Waals surface area contributed by atoms with Crippen LogP contribution in [0.15, 0.2) is 0 Å². The van der Waals surface area contributed by atoms with Gasteiger partial charge in [-0.1, -0.05) is 96.8 Å². The van der Waals surface area contributed by atoms with E-state index in [9.17, 15) is 14.4 Å². The summed E-state index contributed by atoms with van der Waals surface area (Å²) in [5, 5.41) is 17.3. The Bertz CT molecular complexity index is 407. The zero-order valence-corrected chi connectivity index (χ0v) is 16.9. The molecule has 0 aromatic heterocycles. The monoisotopic (exact) mass is 386 g/mol. The molecule has 0 amide bonds. The number of rotatable bonds is 18. The van der Waals surface area contributed by atoms with Crippen molar-refractivity contribution in [2.45, 2.75) is 116 Å². The van der Waals surface area contributed by atoms with Gasteiger partial charge in [0.25, 0.3) is 0 Å². The fraction of sp³-hybridized carbons (Fsp3) is 0.857. The van der Waals surface area contributed by atoms with E-state index in [0.29, 0.717) is 6.42 Å². The second-order valence-corrected chi connectivity index (χ2v) is 7.23. The van der Waals surface area contributed by atoms with Crippen LogP contribution in [0.4, 0.5) is 0 Å². The Balaban J connectivity index is 3.32. The maximum absolute atomic E-state index is 11.4. The van der Waals surface area contributed by atoms with Crippen LogP contribution in [0.1, 0.15) is 110 Å². The normalized spacial score (nSPS) is 11.9. The number of hydrogen-bond acceptors (Lipinski definition) is 5. The first-order valence-electron chi connectivity index (χ1n) is 10.6. The predicted molar refractivity (Wildman–Crippen MR) is 104 cm³/mol. The summed E-state index contributed by atoms with van der Waals surface area (Å²) in [6.45, 7) is 2.24. The van der Waals surface area contributed by atoms with Crippen LogP contribution in [-0.2, 0) is 19.1 Å². The summed E-state index contributed by atoms with van der Waals surface area (Å²) in [6, 6.07) is 0. The second kappa shape index (κ2) is 18.0. The predicted octanol–water partition coefficient (Wildman–Crippen LogP) is 4.76. The summed E-state index contributed by atoms with van der Waals surface area (Å²) in [6.07, 6.45) is 16.1. The maximum atomic E-state index is 11.4. The van der Waals surface area contributed by atoms with Crippen LogP contribution >= 0.6 is 0 Å². The molecule has 0 spiro atoms. The molecule has 0 saturated heterocycles. The lowest BCUT2D eigenvalue weighted by atomic mass is 10.0. The highest BCUT2D eigenvalue weighted by molar-refractivity contribution is 6.00. The Kier molecular flexibility index (Phi) is 17.0. The highest BCUT2D eigenvalue weighted by Gasteiger charge is 2.26. The van der Waals surface area contributed by atoms with E-state index in [-0.39, 0.29) is 6.42 Å². The molecule has 6 nitrogen and oxygen atoms in total. The van der Waals surface area contributed by atoms with Gasteiger partial charge >= 0.3 is 17.9 Å². The number of unbranched alkanes of at least 4 members (excludes halogenated alkanes) is 14. The number of ether oxygens (including phenoxy) is 1. The van der Waals surface area contributed by atoms with Gasteiger partial charge in [0, 0.05) is 6.42 Å². The molecular formula is C21H38O6. The smallest absolute Gasteiger partial charge is 0.354 e. The van der Waals surface area contributed by atoms with Crippen molar-refractivity contribution in [1.82, 2.24) is 0 Å². The lowest BCUT2D eigenvalue weighted by Gasteiger charge is -2.05. The number of carbonyl (C=O) groups is 3. The molecule has 0 aromatic carbocycles. The topological polar surface area (TPSA) is 101 Å². The second-order valence-electron chi connectivity index (χ2n) is 7.23. The van der Waals surface area contributed by atoms with Gasteiger partial charge in [-0.05, 0) is 6.42 Å². The van der Waals surface area contributed by atoms with Gasteiger partial charge in [-0.3, -0.25) is 4.79 Å². The van der Waals surface area contributed by atoms with Crippen molar-refractivity contribution in [3.8, 4) is 0 Å². The molecule has 1 unspecified atom stereocenters. The molecule has 0 aliphatic carbocycles. The molecule has 0 fully saturated rings. The summed E-state index contributed by atoms with van der Waals surface area (Å²) < 4.78 is 4.28. The van der Waals surface area contributed by atoms with Gasteiger partial charge in [-0.25, -0.2) is 9.59 Å². The molecule has 0 aromatic rings. The van der Waals surface area contributed by atoms with Gasteiger partial charge in [-0.15, -0.1) is 0 Å². The third-order valence-electron chi connectivity index (χ3n) is 4.66. The molecule has 27 heavy (non-hydrogen) atoms. The van der Waals surface area contributed by atoms with E-state index in [0.717, 1.165) is 19.3 Å². The van der Waals surface area contributed by atoms with Crippen LogP contribution in [-0.4, -0.2) is 34.2 Å². The van der Waals surface area contributed by atoms with Gasteiger partial charge in [-0.2, -0.15) is 0 Å². The molecule has 0 heterocycles. The highest BCUT2D eigenvalue weighted by atomic mass is 16.6. The van der Waals surface area contributed by atoms with E-state index in [4.69, 9.17) is 10.2 Å². The number of aliphatic carboxylic acids is 1. The number of carbonyl (C=O) groups excluding carboxylic acids is 2. The van der Waals surface area contributed by atoms with Crippen molar-refractivity contribution >= 4 is 17.9 Å². The van der Waals surface area contributed by atoms with E-state index < -0.39 is 24.0 Å². The van der Waals surface area contributed by atoms with Crippen LogP contribution in [0.2, 0.25) is 0 Å². The average molecular weight is 387 g/mol. The number of aliphatic hydroxyl groups excluding tert-OH is 1. The summed E-state index contributed by atoms with van der Waals surface area (Å²) >= 11 is 0. The fourth-order valence-electron chi connectivity index (χ4n) is 2.96. The zero-order valence-electron chi connectivity index (χ0n) is 16.9. The molecule has 0 radical (unpaired) electrons. The van der Waals surface area contributed by atoms with E-state index in [2.05, 4.69) is 11.7 Å². The minimum atomic E-state index is -2.30. The quantitative estimate of drug-likeness (QED) is 0.200. The largest absolute Gasteiger partial charge is 0.479 e. The molecule has 6 heteroatoms. The highest BCUT2D eigenvalue weighted by Crippen LogP contribution is 2.13. The first kappa shape index (κ1) is 25.6. The zero-order chi connectivity index (χ0) is 20.3. The van der Waals surface area contributed by atoms with E-state index in [1.165, 1.54) is 70.6 Å². The van der Waals surface area contributed by atoms with E-state index >= 15 is 0 Å². The van der Waals surface area contributed by atoms with E-state index in [1.807, 2.05) is 0 Å². The summed E-state index contributed by atoms with van der Waals surface area (Å²) in [4.78, 5) is 32.8. The molecule has 0 aliphatic heterocycles. The van der Waals surface area contributed by atoms with Crippen LogP contribution in [0, 0.1) is 0 Å². The minimum absolute atomic E-state index is 0.0658. The molecular weight excluding hydrogens is 348 g/mol. The molecule has 0 bridgehead atoms. The van der Waals surface area contributed by atoms with Crippen LogP contribution < -0.4 is 0 Å². The first-order valence-corrected chi connectivity index (χ1v) is 10.6. The van der Waals surface area contributed by atoms with Crippen LogP contribution in [0.3, 0.4) is 0 Å². The van der Waals surface area contributed by atoms with Crippen molar-refractivity contribution in [2.24, 2.45) is 0 Å². The van der Waals surface area contributed by atoms with Crippen molar-refractivity contribution in [1.29, 1.82) is 0 Å². The van der Waals surface area contributed by atoms with Gasteiger partial charge in [0.05, 0.1) is 0 Å². The first-order chi connectivity index (χ1) is 13.0. The standard InChI is InChI=1S/C21H38O6/c1-2-3-4-5-6-7-8-9-10-11-12-13-14-15-16-17-18(22)27-21(26)19(23)20(24)25/h19,23H,2-17H2,1H3,(H,24,25). The molecule has 158 valence electrons. The maximum Gasteiger partial charge on any atom is 0.354 e. The lowest BCUT2D eigenvalue weighted by Crippen LogP contribution is -2.32. The Morgan fingerprint density at radius 3 is 1.44 bits per heavy atom. The van der Waals surface area contributed by atoms with Gasteiger partial charge in [0.15, 0.2) is 0 Å². The van der Waals surface area contributed by atoms with Crippen molar-refractivity contribution in [3.63, 3.8) is 0 Å². The Morgan fingerprint density at radius 2 is 1.07 bits per heavy atom. The minimum Gasteiger partial charge on any atom is -0.479 e. The lowest BCUT2D eigenvalue weighted by molar-refractivity contribution is -0.171. The number of hydrogen-bond donors (Lipinski definition) is 2. The molecule has 2 N–H and O–H groups in total. The van der Waals surface area contributed by atoms with Gasteiger partial charge in [0.2, 0.25) is 6.10 Å². The Morgan fingerprint density at radius 1 is 0.704 bits per heavy atom. The Hall–Kier alpha value is -1.43. The van der Waals surface area contributed by atoms with Crippen molar-refractivity contribution in [2.75, 3.05) is 0 Å². The fourth-order valence-corrected chi connectivity index (χ4v) is 2.96. The third-order valence-corrected chi connectivity index (χ3v) is 4.66. The summed E-state index contributed by atoms with van der Waals surface area (Å²) in [7, 11) is 0. The summed E-state index contributed by atoms with van der Waals surface area (Å²) in [5.41, 5.74) is 0. The van der Waals surface area contributed by atoms with E-state index in [1.54, 1.807) is 0 Å². The van der Waals surface area contributed by atoms with Crippen molar-refractivity contribution in [3.05, 3.63) is 0 Å². The van der Waals surface area contributed by atoms with Crippen molar-refractivity contribution < 1.29 is 29.3 Å². The molecule has 0 aliphatic rings. The number of carboxylic acid groups (broad SMARTS) is 1. The van der Waals surface area contributed by atoms with Crippen LogP contribution in [0.25, 0.3) is 0 Å². The summed E-state index contributed by atoms with van der Waals surface area (Å²) in [5.74, 6) is -3.93. The number of carboxylic acids is 1. The molecule has 0 saturated carbocycles. The number of aliphatic hydroxyl groups is 1. The SMILES string of the molecule is CCCCCCCCCCCCCCCCCC(=O)OC(=O)C(O)C(=O)O. The molecule has 0 rings (SSSR count). The number of esters is 2. The van der Waals surface area contributed by atoms with Crippen LogP contribution in [0.5, 0.6) is 0 Å². The Labute approximate surface area is 163 Å². The third kappa shape index (κ3) is 16.5. The average Bonchev–Trinajstić information content (AvgIpc) is 2.64. The van der Waals surface area contributed by atoms with Gasteiger partial charge in [0.1, 0.15) is 0 Å². The molecule has 1 atom stereocenters. The van der Waals surface area contributed by atoms with Gasteiger partial charge < -0.3 is 14.9 Å².